The Kier molecular flexibility index (Phi) is 12.2. The fourth-order valence-corrected chi connectivity index (χ4v) is 13.3. The van der Waals surface area contributed by atoms with Gasteiger partial charge in [0.2, 0.25) is 0 Å². The molecular formula is C42H72O13. The SMILES string of the molecule is CC(C)=CCC[C@](C)(O)C1CC[C@]2(C)C1[C@H](O)CC1[C@@]3(C)CC[C@H](O)C(C)(C)[C@@H]3[C@@H](O[C@H]3O[C@H](CO)[C@@H](O)[C@H](O)[C@H]3O[C@H]3O[C@@H](C)[C@H](O)[C@@H](O)[C@H]3O)C[C@]12C. The first kappa shape index (κ1) is 43.8. The van der Waals surface area contributed by atoms with E-state index < -0.39 is 114 Å². The first-order valence-corrected chi connectivity index (χ1v) is 20.8. The van der Waals surface area contributed by atoms with Gasteiger partial charge in [0.25, 0.3) is 0 Å². The van der Waals surface area contributed by atoms with E-state index in [1.54, 1.807) is 0 Å². The highest BCUT2D eigenvalue weighted by Gasteiger charge is 2.73. The summed E-state index contributed by atoms with van der Waals surface area (Å²) in [6, 6.07) is 0. The van der Waals surface area contributed by atoms with Crippen LogP contribution in [0.25, 0.3) is 0 Å². The van der Waals surface area contributed by atoms with Crippen molar-refractivity contribution in [3.8, 4) is 0 Å². The van der Waals surface area contributed by atoms with Crippen LogP contribution in [0.15, 0.2) is 11.6 Å². The third-order valence-corrected chi connectivity index (χ3v) is 16.5. The van der Waals surface area contributed by atoms with Gasteiger partial charge >= 0.3 is 0 Å². The highest BCUT2D eigenvalue weighted by molar-refractivity contribution is 5.22. The van der Waals surface area contributed by atoms with Crippen molar-refractivity contribution in [2.75, 3.05) is 6.61 Å². The van der Waals surface area contributed by atoms with Crippen molar-refractivity contribution in [1.82, 2.24) is 0 Å². The Bertz CT molecular complexity index is 1390. The molecule has 2 saturated heterocycles. The van der Waals surface area contributed by atoms with E-state index in [0.29, 0.717) is 32.1 Å². The van der Waals surface area contributed by atoms with Gasteiger partial charge in [0.1, 0.15) is 42.7 Å². The number of fused-ring (bicyclic) bond motifs is 5. The molecule has 4 aliphatic carbocycles. The first-order chi connectivity index (χ1) is 25.5. The summed E-state index contributed by atoms with van der Waals surface area (Å²) >= 11 is 0. The summed E-state index contributed by atoms with van der Waals surface area (Å²) in [6.45, 7) is 17.8. The minimum atomic E-state index is -1.70. The van der Waals surface area contributed by atoms with Gasteiger partial charge in [-0.1, -0.05) is 46.3 Å². The molecule has 9 N–H and O–H groups in total. The van der Waals surface area contributed by atoms with E-state index in [-0.39, 0.29) is 23.7 Å². The zero-order valence-corrected chi connectivity index (χ0v) is 34.4. The van der Waals surface area contributed by atoms with Gasteiger partial charge in [-0.05, 0) is 124 Å². The Balaban J connectivity index is 1.38. The second kappa shape index (κ2) is 15.4. The lowest BCUT2D eigenvalue weighted by Gasteiger charge is -2.72. The number of hydrogen-bond donors (Lipinski definition) is 9. The predicted molar refractivity (Wildman–Crippen MR) is 201 cm³/mol. The van der Waals surface area contributed by atoms with Crippen LogP contribution < -0.4 is 0 Å². The fourth-order valence-electron chi connectivity index (χ4n) is 13.3. The van der Waals surface area contributed by atoms with Crippen LogP contribution in [0.5, 0.6) is 0 Å². The van der Waals surface area contributed by atoms with E-state index in [9.17, 15) is 46.0 Å². The summed E-state index contributed by atoms with van der Waals surface area (Å²) in [5.74, 6) is -0.526. The molecule has 0 bridgehead atoms. The number of aliphatic hydroxyl groups is 9. The van der Waals surface area contributed by atoms with E-state index >= 15 is 0 Å². The van der Waals surface area contributed by atoms with Gasteiger partial charge in [-0.2, -0.15) is 0 Å². The molecule has 21 atom stereocenters. The maximum absolute atomic E-state index is 12.3. The van der Waals surface area contributed by atoms with Crippen LogP contribution in [0, 0.1) is 45.3 Å². The van der Waals surface area contributed by atoms with E-state index in [2.05, 4.69) is 40.7 Å². The molecule has 55 heavy (non-hydrogen) atoms. The summed E-state index contributed by atoms with van der Waals surface area (Å²) in [6.07, 6.45) is -8.99. The van der Waals surface area contributed by atoms with Gasteiger partial charge in [-0.25, -0.2) is 0 Å². The van der Waals surface area contributed by atoms with Crippen molar-refractivity contribution in [3.63, 3.8) is 0 Å². The smallest absolute Gasteiger partial charge is 0.187 e. The van der Waals surface area contributed by atoms with E-state index in [1.807, 2.05) is 20.8 Å². The number of allylic oxidation sites excluding steroid dienone is 2. The number of rotatable bonds is 9. The molecule has 0 aromatic heterocycles. The number of ether oxygens (including phenoxy) is 4. The van der Waals surface area contributed by atoms with Crippen LogP contribution in [0.2, 0.25) is 0 Å². The summed E-state index contributed by atoms with van der Waals surface area (Å²) in [5.41, 5.74) is -1.71. The Morgan fingerprint density at radius 2 is 1.49 bits per heavy atom. The molecule has 0 aromatic carbocycles. The molecule has 13 nitrogen and oxygen atoms in total. The molecule has 0 spiro atoms. The molecule has 0 radical (unpaired) electrons. The number of aliphatic hydroxyl groups excluding tert-OH is 8. The Morgan fingerprint density at radius 3 is 2.13 bits per heavy atom. The maximum Gasteiger partial charge on any atom is 0.187 e. The molecular weight excluding hydrogens is 712 g/mol. The van der Waals surface area contributed by atoms with Gasteiger partial charge in [0.05, 0.1) is 36.6 Å². The molecule has 3 unspecified atom stereocenters. The third kappa shape index (κ3) is 7.10. The largest absolute Gasteiger partial charge is 0.394 e. The average Bonchev–Trinajstić information content (AvgIpc) is 3.49. The van der Waals surface area contributed by atoms with Crippen LogP contribution in [0.4, 0.5) is 0 Å². The second-order valence-corrected chi connectivity index (χ2v) is 20.3. The summed E-state index contributed by atoms with van der Waals surface area (Å²) in [7, 11) is 0. The molecule has 0 amide bonds. The average molecular weight is 785 g/mol. The first-order valence-electron chi connectivity index (χ1n) is 20.8. The lowest BCUT2D eigenvalue weighted by Crippen LogP contribution is -2.71. The number of hydrogen-bond acceptors (Lipinski definition) is 13. The lowest BCUT2D eigenvalue weighted by molar-refractivity contribution is -0.382. The Hall–Kier alpha value is -0.780. The van der Waals surface area contributed by atoms with Crippen LogP contribution in [-0.2, 0) is 18.9 Å². The molecule has 318 valence electrons. The van der Waals surface area contributed by atoms with E-state index in [0.717, 1.165) is 19.3 Å². The minimum Gasteiger partial charge on any atom is -0.394 e. The van der Waals surface area contributed by atoms with Gasteiger partial charge < -0.3 is 64.9 Å². The quantitative estimate of drug-likeness (QED) is 0.121. The zero-order chi connectivity index (χ0) is 40.8. The predicted octanol–water partition coefficient (Wildman–Crippen LogP) is 2.15. The van der Waals surface area contributed by atoms with Gasteiger partial charge in [0.15, 0.2) is 12.6 Å². The van der Waals surface area contributed by atoms with Crippen molar-refractivity contribution in [1.29, 1.82) is 0 Å². The summed E-state index contributed by atoms with van der Waals surface area (Å²) in [4.78, 5) is 0. The van der Waals surface area contributed by atoms with Crippen molar-refractivity contribution in [2.45, 2.75) is 199 Å². The van der Waals surface area contributed by atoms with Crippen LogP contribution in [-0.4, -0.2) is 138 Å². The molecule has 6 aliphatic rings. The molecule has 2 heterocycles. The molecule has 2 aliphatic heterocycles. The topological polar surface area (TPSA) is 219 Å². The molecule has 13 heteroatoms. The van der Waals surface area contributed by atoms with Crippen LogP contribution in [0.1, 0.15) is 114 Å². The monoisotopic (exact) mass is 784 g/mol. The normalized spacial score (nSPS) is 53.4. The van der Waals surface area contributed by atoms with Gasteiger partial charge in [-0.3, -0.25) is 0 Å². The van der Waals surface area contributed by atoms with Crippen molar-refractivity contribution in [3.05, 3.63) is 11.6 Å². The third-order valence-electron chi connectivity index (χ3n) is 16.5. The second-order valence-electron chi connectivity index (χ2n) is 20.3. The van der Waals surface area contributed by atoms with Crippen LogP contribution in [0.3, 0.4) is 0 Å². The Labute approximate surface area is 327 Å². The highest BCUT2D eigenvalue weighted by atomic mass is 16.8. The minimum absolute atomic E-state index is 0.0411. The Morgan fingerprint density at radius 1 is 0.818 bits per heavy atom. The zero-order valence-electron chi connectivity index (χ0n) is 34.4. The van der Waals surface area contributed by atoms with E-state index in [1.165, 1.54) is 12.5 Å². The standard InChI is InChI=1S/C42H72O13/c1-20(2)11-10-14-42(9,51)22-12-16-40(7)28(22)23(44)17-26-39(6)15-13-27(45)38(4,5)35(39)24(18-41(26,40)8)53-37-34(32(49)30(47)25(19-43)54-37)55-36-33(50)31(48)29(46)21(3)52-36/h11,21-37,43-51H,10,12-19H2,1-9H3/t21-,22?,23+,24-,25+,26?,27-,28?,29-,30+,31+,32-,33+,34+,35-,36+,37-,39+,40+,41+,42-/m0/s1. The van der Waals surface area contributed by atoms with Crippen molar-refractivity contribution < 1.29 is 64.9 Å². The maximum atomic E-state index is 12.3. The van der Waals surface area contributed by atoms with Gasteiger partial charge in [-0.15, -0.1) is 0 Å². The molecule has 6 rings (SSSR count). The van der Waals surface area contributed by atoms with E-state index in [4.69, 9.17) is 18.9 Å². The van der Waals surface area contributed by atoms with Gasteiger partial charge in [0, 0.05) is 0 Å². The lowest BCUT2D eigenvalue weighted by atomic mass is 9.34. The highest BCUT2D eigenvalue weighted by Crippen LogP contribution is 2.76. The van der Waals surface area contributed by atoms with Crippen LogP contribution >= 0.6 is 0 Å². The van der Waals surface area contributed by atoms with Crippen molar-refractivity contribution >= 4 is 0 Å². The fraction of sp³-hybridized carbons (Fsp3) is 0.952. The molecule has 4 saturated carbocycles. The van der Waals surface area contributed by atoms with Crippen molar-refractivity contribution in [2.24, 2.45) is 45.3 Å². The summed E-state index contributed by atoms with van der Waals surface area (Å²) in [5, 5.41) is 100. The molecule has 0 aromatic rings. The summed E-state index contributed by atoms with van der Waals surface area (Å²) < 4.78 is 25.1. The molecule has 6 fully saturated rings.